The molecule has 1 aromatic carbocycles. The summed E-state index contributed by atoms with van der Waals surface area (Å²) in [5.74, 6) is -0.0152. The van der Waals surface area contributed by atoms with Crippen LogP contribution < -0.4 is 0 Å². The van der Waals surface area contributed by atoms with Gasteiger partial charge >= 0.3 is 0 Å². The maximum atomic E-state index is 12.9. The Morgan fingerprint density at radius 3 is 2.23 bits per heavy atom. The Morgan fingerprint density at radius 2 is 1.62 bits per heavy atom. The lowest BCUT2D eigenvalue weighted by atomic mass is 9.94. The zero-order valence-corrected chi connectivity index (χ0v) is 16.4. The van der Waals surface area contributed by atoms with E-state index in [4.69, 9.17) is 0 Å². The quantitative estimate of drug-likeness (QED) is 0.783. The third-order valence-electron chi connectivity index (χ3n) is 4.74. The van der Waals surface area contributed by atoms with E-state index < -0.39 is 5.66 Å². The molecule has 2 amide bonds. The summed E-state index contributed by atoms with van der Waals surface area (Å²) < 4.78 is 1.95. The number of aromatic nitrogens is 1. The minimum atomic E-state index is -0.712. The minimum absolute atomic E-state index is 0.00485. The lowest BCUT2D eigenvalue weighted by molar-refractivity contribution is -0.138. The van der Waals surface area contributed by atoms with Gasteiger partial charge in [0.05, 0.1) is 6.54 Å². The number of rotatable bonds is 1. The first kappa shape index (κ1) is 19.8. The van der Waals surface area contributed by atoms with E-state index in [1.807, 2.05) is 90.7 Å². The Bertz CT molecular complexity index is 754. The van der Waals surface area contributed by atoms with E-state index >= 15 is 0 Å². The van der Waals surface area contributed by atoms with Crippen molar-refractivity contribution in [3.05, 3.63) is 59.9 Å². The van der Waals surface area contributed by atoms with Crippen LogP contribution in [0.4, 0.5) is 0 Å². The Balaban J connectivity index is 0.000000570. The summed E-state index contributed by atoms with van der Waals surface area (Å²) in [4.78, 5) is 28.8. The van der Waals surface area contributed by atoms with Crippen LogP contribution >= 0.6 is 0 Å². The highest BCUT2D eigenvalue weighted by atomic mass is 16.2. The molecule has 4 rings (SSSR count). The van der Waals surface area contributed by atoms with Crippen molar-refractivity contribution in [1.82, 2.24) is 14.4 Å². The predicted octanol–water partition coefficient (Wildman–Crippen LogP) is 3.71. The minimum Gasteiger partial charge on any atom is -0.339 e. The molecule has 5 nitrogen and oxygen atoms in total. The van der Waals surface area contributed by atoms with Crippen LogP contribution in [0, 0.1) is 0 Å². The van der Waals surface area contributed by atoms with Gasteiger partial charge in [0.25, 0.3) is 5.91 Å². The Labute approximate surface area is 156 Å². The van der Waals surface area contributed by atoms with Crippen LogP contribution in [0.1, 0.15) is 50.7 Å². The van der Waals surface area contributed by atoms with Gasteiger partial charge in [-0.05, 0) is 17.7 Å². The molecule has 0 spiro atoms. The average Bonchev–Trinajstić information content (AvgIpc) is 3.31. The average molecular weight is 355 g/mol. The van der Waals surface area contributed by atoms with Crippen molar-refractivity contribution in [1.29, 1.82) is 0 Å². The number of hydrogen-bond donors (Lipinski definition) is 0. The highest BCUT2D eigenvalue weighted by Crippen LogP contribution is 2.42. The van der Waals surface area contributed by atoms with Crippen molar-refractivity contribution in [2.75, 3.05) is 13.1 Å². The van der Waals surface area contributed by atoms with Crippen molar-refractivity contribution in [2.45, 2.75) is 46.8 Å². The summed E-state index contributed by atoms with van der Waals surface area (Å²) in [5.41, 5.74) is 0.961. The van der Waals surface area contributed by atoms with Crippen LogP contribution in [-0.4, -0.2) is 39.3 Å². The fourth-order valence-electron chi connectivity index (χ4n) is 3.80. The first-order valence-corrected chi connectivity index (χ1v) is 9.45. The van der Waals surface area contributed by atoms with Gasteiger partial charge in [-0.3, -0.25) is 9.59 Å². The molecule has 1 fully saturated rings. The highest BCUT2D eigenvalue weighted by Gasteiger charge is 2.55. The van der Waals surface area contributed by atoms with Gasteiger partial charge in [-0.2, -0.15) is 0 Å². The summed E-state index contributed by atoms with van der Waals surface area (Å²) in [5, 5.41) is 0. The fraction of sp³-hybridized carbons (Fsp3) is 0.429. The molecule has 0 aliphatic carbocycles. The third kappa shape index (κ3) is 2.91. The molecule has 3 heterocycles. The lowest BCUT2D eigenvalue weighted by Crippen LogP contribution is -2.59. The summed E-state index contributed by atoms with van der Waals surface area (Å²) >= 11 is 0. The summed E-state index contributed by atoms with van der Waals surface area (Å²) in [6.45, 7) is 11.3. The van der Waals surface area contributed by atoms with Crippen molar-refractivity contribution >= 4 is 11.8 Å². The number of nitrogens with zero attached hydrogens (tertiary/aromatic N) is 3. The molecule has 5 heteroatoms. The van der Waals surface area contributed by atoms with Gasteiger partial charge in [-0.15, -0.1) is 0 Å². The second-order valence-electron chi connectivity index (χ2n) is 5.83. The largest absolute Gasteiger partial charge is 0.339 e. The molecule has 140 valence electrons. The molecule has 0 N–H and O–H groups in total. The predicted molar refractivity (Wildman–Crippen MR) is 104 cm³/mol. The van der Waals surface area contributed by atoms with E-state index in [9.17, 15) is 9.59 Å². The molecule has 2 aromatic rings. The van der Waals surface area contributed by atoms with Gasteiger partial charge < -0.3 is 14.4 Å². The SMILES string of the molecule is CC.CC.CC(=O)N1CCN2C(=O)c3cccn3CC12c1ccccc1. The van der Waals surface area contributed by atoms with E-state index in [0.717, 1.165) is 5.56 Å². The highest BCUT2D eigenvalue weighted by molar-refractivity contribution is 5.95. The van der Waals surface area contributed by atoms with Crippen molar-refractivity contribution in [3.8, 4) is 0 Å². The molecule has 1 saturated heterocycles. The zero-order chi connectivity index (χ0) is 19.3. The molecule has 26 heavy (non-hydrogen) atoms. The number of hydrogen-bond acceptors (Lipinski definition) is 2. The molecule has 2 aliphatic rings. The summed E-state index contributed by atoms with van der Waals surface area (Å²) in [7, 11) is 0. The van der Waals surface area contributed by atoms with E-state index in [1.165, 1.54) is 0 Å². The number of benzene rings is 1. The smallest absolute Gasteiger partial charge is 0.272 e. The van der Waals surface area contributed by atoms with Gasteiger partial charge in [0.15, 0.2) is 5.66 Å². The van der Waals surface area contributed by atoms with Crippen LogP contribution in [-0.2, 0) is 17.0 Å². The second-order valence-corrected chi connectivity index (χ2v) is 5.83. The standard InChI is InChI=1S/C17H17N3O2.2C2H6/c1-13(21)19-10-11-20-16(22)15-8-5-9-18(15)12-17(19,20)14-6-3-2-4-7-14;2*1-2/h2-9H,10-12H2,1H3;2*1-2H3. The molecule has 1 unspecified atom stereocenters. The maximum absolute atomic E-state index is 12.9. The Morgan fingerprint density at radius 1 is 0.962 bits per heavy atom. The molecule has 1 atom stereocenters. The molecule has 0 radical (unpaired) electrons. The van der Waals surface area contributed by atoms with Gasteiger partial charge in [0.2, 0.25) is 5.91 Å². The van der Waals surface area contributed by atoms with Crippen molar-refractivity contribution in [3.63, 3.8) is 0 Å². The van der Waals surface area contributed by atoms with E-state index in [2.05, 4.69) is 0 Å². The number of carbonyl (C=O) groups is 2. The number of amides is 2. The van der Waals surface area contributed by atoms with E-state index in [0.29, 0.717) is 25.3 Å². The number of carbonyl (C=O) groups excluding carboxylic acids is 2. The fourth-order valence-corrected chi connectivity index (χ4v) is 3.80. The maximum Gasteiger partial charge on any atom is 0.272 e. The molecule has 0 bridgehead atoms. The van der Waals surface area contributed by atoms with Gasteiger partial charge in [0, 0.05) is 26.2 Å². The Kier molecular flexibility index (Phi) is 6.24. The van der Waals surface area contributed by atoms with Crippen molar-refractivity contribution < 1.29 is 9.59 Å². The molecule has 0 saturated carbocycles. The molecule has 2 aliphatic heterocycles. The van der Waals surface area contributed by atoms with Crippen molar-refractivity contribution in [2.24, 2.45) is 0 Å². The second kappa shape index (κ2) is 8.21. The van der Waals surface area contributed by atoms with E-state index in [1.54, 1.807) is 6.92 Å². The van der Waals surface area contributed by atoms with Gasteiger partial charge in [-0.25, -0.2) is 0 Å². The van der Waals surface area contributed by atoms with Crippen LogP contribution in [0.5, 0.6) is 0 Å². The zero-order valence-electron chi connectivity index (χ0n) is 16.4. The lowest BCUT2D eigenvalue weighted by Gasteiger charge is -2.47. The topological polar surface area (TPSA) is 45.6 Å². The molecular formula is C21H29N3O2. The van der Waals surface area contributed by atoms with Gasteiger partial charge in [0.1, 0.15) is 5.69 Å². The molecule has 1 aromatic heterocycles. The van der Waals surface area contributed by atoms with Crippen LogP contribution in [0.2, 0.25) is 0 Å². The van der Waals surface area contributed by atoms with Crippen LogP contribution in [0.25, 0.3) is 0 Å². The summed E-state index contributed by atoms with van der Waals surface area (Å²) in [6.07, 6.45) is 1.91. The first-order chi connectivity index (χ1) is 12.6. The van der Waals surface area contributed by atoms with Crippen LogP contribution in [0.3, 0.4) is 0 Å². The monoisotopic (exact) mass is 355 g/mol. The van der Waals surface area contributed by atoms with Crippen LogP contribution in [0.15, 0.2) is 48.7 Å². The Hall–Kier alpha value is -2.56. The molecular weight excluding hydrogens is 326 g/mol. The summed E-state index contributed by atoms with van der Waals surface area (Å²) in [6, 6.07) is 13.6. The first-order valence-electron chi connectivity index (χ1n) is 9.45. The van der Waals surface area contributed by atoms with E-state index in [-0.39, 0.29) is 11.8 Å². The van der Waals surface area contributed by atoms with Gasteiger partial charge in [-0.1, -0.05) is 58.0 Å². The normalized spacial score (nSPS) is 20.3. The number of fused-ring (bicyclic) bond motifs is 2. The third-order valence-corrected chi connectivity index (χ3v) is 4.74.